The standard InChI is InChI=1S/C16H21ClN2O/c1-10-2-5-15(14(17)6-10)19-16(20)9-11-7-12-3-4-13(8-11)18-12/h2,5-6,11-13,18H,3-4,7-9H2,1H3,(H,19,20). The molecule has 3 rings (SSSR count). The summed E-state index contributed by atoms with van der Waals surface area (Å²) in [5, 5.41) is 7.16. The zero-order valence-corrected chi connectivity index (χ0v) is 12.5. The second kappa shape index (κ2) is 5.74. The maximum absolute atomic E-state index is 12.2. The van der Waals surface area contributed by atoms with Crippen LogP contribution < -0.4 is 10.6 Å². The van der Waals surface area contributed by atoms with E-state index in [-0.39, 0.29) is 5.91 Å². The SMILES string of the molecule is Cc1ccc(NC(=O)CC2CC3CCC(C2)N3)c(Cl)c1. The van der Waals surface area contributed by atoms with E-state index in [0.717, 1.165) is 24.1 Å². The summed E-state index contributed by atoms with van der Waals surface area (Å²) in [6.07, 6.45) is 5.41. The Morgan fingerprint density at radius 1 is 1.35 bits per heavy atom. The molecule has 2 heterocycles. The fourth-order valence-corrected chi connectivity index (χ4v) is 3.81. The van der Waals surface area contributed by atoms with Crippen LogP contribution in [0.25, 0.3) is 0 Å². The monoisotopic (exact) mass is 292 g/mol. The van der Waals surface area contributed by atoms with Crippen LogP contribution in [0.2, 0.25) is 5.02 Å². The predicted molar refractivity (Wildman–Crippen MR) is 82.1 cm³/mol. The molecular formula is C16H21ClN2O. The summed E-state index contributed by atoms with van der Waals surface area (Å²) in [7, 11) is 0. The van der Waals surface area contributed by atoms with Crippen molar-refractivity contribution in [1.29, 1.82) is 0 Å². The lowest BCUT2D eigenvalue weighted by atomic mass is 9.89. The number of nitrogens with one attached hydrogen (secondary N) is 2. The van der Waals surface area contributed by atoms with Gasteiger partial charge in [-0.2, -0.15) is 0 Å². The third-order valence-corrected chi connectivity index (χ3v) is 4.76. The smallest absolute Gasteiger partial charge is 0.224 e. The molecule has 0 radical (unpaired) electrons. The molecular weight excluding hydrogens is 272 g/mol. The molecule has 2 saturated heterocycles. The number of carbonyl (C=O) groups is 1. The fourth-order valence-electron chi connectivity index (χ4n) is 3.53. The van der Waals surface area contributed by atoms with E-state index in [1.54, 1.807) is 0 Å². The van der Waals surface area contributed by atoms with Crippen molar-refractivity contribution in [1.82, 2.24) is 5.32 Å². The molecule has 1 aromatic rings. The van der Waals surface area contributed by atoms with Crippen LogP contribution >= 0.6 is 11.6 Å². The molecule has 2 aliphatic rings. The molecule has 108 valence electrons. The van der Waals surface area contributed by atoms with Gasteiger partial charge in [0.2, 0.25) is 5.91 Å². The van der Waals surface area contributed by atoms with Crippen LogP contribution in [0.1, 0.15) is 37.7 Å². The number of anilines is 1. The first kappa shape index (κ1) is 13.9. The highest BCUT2D eigenvalue weighted by molar-refractivity contribution is 6.33. The number of aryl methyl sites for hydroxylation is 1. The van der Waals surface area contributed by atoms with Crippen LogP contribution in [0.4, 0.5) is 5.69 Å². The minimum absolute atomic E-state index is 0.0852. The predicted octanol–water partition coefficient (Wildman–Crippen LogP) is 3.51. The summed E-state index contributed by atoms with van der Waals surface area (Å²) in [5.41, 5.74) is 1.82. The molecule has 2 unspecified atom stereocenters. The number of hydrogen-bond donors (Lipinski definition) is 2. The number of benzene rings is 1. The van der Waals surface area contributed by atoms with E-state index in [2.05, 4.69) is 10.6 Å². The average Bonchev–Trinajstić information content (AvgIpc) is 2.72. The van der Waals surface area contributed by atoms with Gasteiger partial charge in [-0.15, -0.1) is 0 Å². The normalized spacial score (nSPS) is 28.4. The number of amides is 1. The van der Waals surface area contributed by atoms with E-state index in [1.807, 2.05) is 25.1 Å². The maximum atomic E-state index is 12.2. The quantitative estimate of drug-likeness (QED) is 0.895. The molecule has 0 saturated carbocycles. The first-order chi connectivity index (χ1) is 9.60. The maximum Gasteiger partial charge on any atom is 0.224 e. The Balaban J connectivity index is 1.57. The van der Waals surface area contributed by atoms with Crippen LogP contribution in [0.3, 0.4) is 0 Å². The summed E-state index contributed by atoms with van der Waals surface area (Å²) < 4.78 is 0. The van der Waals surface area contributed by atoms with E-state index in [4.69, 9.17) is 11.6 Å². The van der Waals surface area contributed by atoms with Crippen molar-refractivity contribution in [2.24, 2.45) is 5.92 Å². The molecule has 2 atom stereocenters. The number of rotatable bonds is 3. The van der Waals surface area contributed by atoms with Gasteiger partial charge in [0, 0.05) is 18.5 Å². The number of carbonyl (C=O) groups excluding carboxylic acids is 1. The van der Waals surface area contributed by atoms with Crippen molar-refractivity contribution < 1.29 is 4.79 Å². The average molecular weight is 293 g/mol. The Kier molecular flexibility index (Phi) is 3.99. The molecule has 2 fully saturated rings. The summed E-state index contributed by atoms with van der Waals surface area (Å²) >= 11 is 6.15. The molecule has 2 aliphatic heterocycles. The lowest BCUT2D eigenvalue weighted by Gasteiger charge is -2.28. The Hall–Kier alpha value is -1.06. The Labute approximate surface area is 125 Å². The van der Waals surface area contributed by atoms with E-state index < -0.39 is 0 Å². The third kappa shape index (κ3) is 3.15. The number of piperidine rings is 1. The van der Waals surface area contributed by atoms with Gasteiger partial charge in [-0.05, 0) is 56.2 Å². The van der Waals surface area contributed by atoms with Crippen molar-refractivity contribution in [3.8, 4) is 0 Å². The summed E-state index contributed by atoms with van der Waals surface area (Å²) in [4.78, 5) is 12.2. The molecule has 0 spiro atoms. The van der Waals surface area contributed by atoms with Crippen molar-refractivity contribution >= 4 is 23.2 Å². The summed E-state index contributed by atoms with van der Waals surface area (Å²) in [5.74, 6) is 0.597. The van der Waals surface area contributed by atoms with Gasteiger partial charge in [-0.3, -0.25) is 4.79 Å². The van der Waals surface area contributed by atoms with E-state index in [9.17, 15) is 4.79 Å². The van der Waals surface area contributed by atoms with Crippen LogP contribution in [0.15, 0.2) is 18.2 Å². The highest BCUT2D eigenvalue weighted by Gasteiger charge is 2.34. The van der Waals surface area contributed by atoms with Crippen molar-refractivity contribution in [3.05, 3.63) is 28.8 Å². The second-order valence-electron chi connectivity index (χ2n) is 6.21. The van der Waals surface area contributed by atoms with E-state index >= 15 is 0 Å². The van der Waals surface area contributed by atoms with Crippen molar-refractivity contribution in [3.63, 3.8) is 0 Å². The van der Waals surface area contributed by atoms with Gasteiger partial charge in [0.1, 0.15) is 0 Å². The van der Waals surface area contributed by atoms with Crippen molar-refractivity contribution in [2.75, 3.05) is 5.32 Å². The minimum atomic E-state index is 0.0852. The van der Waals surface area contributed by atoms with Gasteiger partial charge in [-0.1, -0.05) is 17.7 Å². The highest BCUT2D eigenvalue weighted by Crippen LogP contribution is 2.33. The van der Waals surface area contributed by atoms with Crippen LogP contribution in [-0.2, 0) is 4.79 Å². The first-order valence-corrected chi connectivity index (χ1v) is 7.80. The molecule has 2 bridgehead atoms. The van der Waals surface area contributed by atoms with Gasteiger partial charge in [0.05, 0.1) is 10.7 Å². The minimum Gasteiger partial charge on any atom is -0.325 e. The Bertz CT molecular complexity index is 505. The fraction of sp³-hybridized carbons (Fsp3) is 0.562. The van der Waals surface area contributed by atoms with Gasteiger partial charge >= 0.3 is 0 Å². The van der Waals surface area contributed by atoms with Gasteiger partial charge in [0.15, 0.2) is 0 Å². The molecule has 1 amide bonds. The zero-order chi connectivity index (χ0) is 14.1. The largest absolute Gasteiger partial charge is 0.325 e. The number of halogens is 1. The van der Waals surface area contributed by atoms with E-state index in [0.29, 0.717) is 29.4 Å². The zero-order valence-electron chi connectivity index (χ0n) is 11.8. The lowest BCUT2D eigenvalue weighted by Crippen LogP contribution is -2.39. The van der Waals surface area contributed by atoms with Crippen LogP contribution in [0.5, 0.6) is 0 Å². The Morgan fingerprint density at radius 3 is 2.70 bits per heavy atom. The first-order valence-electron chi connectivity index (χ1n) is 7.42. The van der Waals surface area contributed by atoms with Gasteiger partial charge in [0.25, 0.3) is 0 Å². The summed E-state index contributed by atoms with van der Waals surface area (Å²) in [6.45, 7) is 1.99. The molecule has 4 heteroatoms. The molecule has 0 aromatic heterocycles. The molecule has 1 aromatic carbocycles. The van der Waals surface area contributed by atoms with Gasteiger partial charge in [-0.25, -0.2) is 0 Å². The lowest BCUT2D eigenvalue weighted by molar-refractivity contribution is -0.117. The second-order valence-corrected chi connectivity index (χ2v) is 6.62. The number of fused-ring (bicyclic) bond motifs is 2. The topological polar surface area (TPSA) is 41.1 Å². The molecule has 20 heavy (non-hydrogen) atoms. The van der Waals surface area contributed by atoms with Crippen molar-refractivity contribution in [2.45, 2.75) is 51.1 Å². The van der Waals surface area contributed by atoms with E-state index in [1.165, 1.54) is 12.8 Å². The molecule has 2 N–H and O–H groups in total. The van der Waals surface area contributed by atoms with Crippen LogP contribution in [0, 0.1) is 12.8 Å². The highest BCUT2D eigenvalue weighted by atomic mass is 35.5. The Morgan fingerprint density at radius 2 is 2.05 bits per heavy atom. The molecule has 3 nitrogen and oxygen atoms in total. The van der Waals surface area contributed by atoms with Gasteiger partial charge < -0.3 is 10.6 Å². The molecule has 0 aliphatic carbocycles. The number of hydrogen-bond acceptors (Lipinski definition) is 2. The van der Waals surface area contributed by atoms with Crippen LogP contribution in [-0.4, -0.2) is 18.0 Å². The third-order valence-electron chi connectivity index (χ3n) is 4.44. The summed E-state index contributed by atoms with van der Waals surface area (Å²) in [6, 6.07) is 6.99.